The van der Waals surface area contributed by atoms with E-state index in [1.165, 1.54) is 9.47 Å². The predicted molar refractivity (Wildman–Crippen MR) is 118 cm³/mol. The number of nitrogens with two attached hydrogens (primary N) is 1. The molecule has 0 aliphatic carbocycles. The molecule has 0 fully saturated rings. The lowest BCUT2D eigenvalue weighted by molar-refractivity contribution is 0.0983. The number of H-pyrrole nitrogens is 1. The summed E-state index contributed by atoms with van der Waals surface area (Å²) in [5, 5.41) is 0. The number of anilines is 3. The molecule has 2 rings (SSSR count). The van der Waals surface area contributed by atoms with Crippen LogP contribution in [0.2, 0.25) is 0 Å². The Labute approximate surface area is 170 Å². The second-order valence-corrected chi connectivity index (χ2v) is 8.25. The van der Waals surface area contributed by atoms with Crippen LogP contribution in [0.4, 0.5) is 17.2 Å². The maximum Gasteiger partial charge on any atom is 0.330 e. The number of nitrogen functional groups attached to an aromatic ring is 1. The van der Waals surface area contributed by atoms with Gasteiger partial charge in [0.25, 0.3) is 11.5 Å². The Morgan fingerprint density at radius 2 is 1.79 bits per heavy atom. The zero-order valence-electron chi connectivity index (χ0n) is 18.0. The molecule has 1 aromatic carbocycles. The summed E-state index contributed by atoms with van der Waals surface area (Å²) in [6.45, 7) is 8.42. The molecule has 29 heavy (non-hydrogen) atoms. The van der Waals surface area contributed by atoms with Crippen molar-refractivity contribution in [3.05, 3.63) is 50.7 Å². The van der Waals surface area contributed by atoms with Crippen molar-refractivity contribution < 1.29 is 4.79 Å². The van der Waals surface area contributed by atoms with E-state index in [9.17, 15) is 14.4 Å². The summed E-state index contributed by atoms with van der Waals surface area (Å²) in [5.74, 6) is -0.111. The lowest BCUT2D eigenvalue weighted by Gasteiger charge is -2.27. The number of aromatic amines is 1. The SMILES string of the molecule is CC(C)CN(C(=O)c1cccc(N(C)C)c1)c1c(N)n(CC(C)C)c(=O)[nH]c1=O. The predicted octanol–water partition coefficient (Wildman–Crippen LogP) is 2.14. The molecule has 0 aliphatic rings. The van der Waals surface area contributed by atoms with Crippen molar-refractivity contribution in [2.24, 2.45) is 11.8 Å². The molecule has 2 aromatic rings. The van der Waals surface area contributed by atoms with Gasteiger partial charge in [-0.25, -0.2) is 4.79 Å². The Kier molecular flexibility index (Phi) is 6.89. The van der Waals surface area contributed by atoms with Gasteiger partial charge in [0.05, 0.1) is 0 Å². The first-order chi connectivity index (χ1) is 13.5. The molecule has 1 heterocycles. The van der Waals surface area contributed by atoms with Crippen molar-refractivity contribution in [1.82, 2.24) is 9.55 Å². The molecular formula is C21H31N5O3. The van der Waals surface area contributed by atoms with Gasteiger partial charge in [-0.05, 0) is 30.0 Å². The second kappa shape index (κ2) is 8.98. The van der Waals surface area contributed by atoms with Crippen LogP contribution in [0.3, 0.4) is 0 Å². The lowest BCUT2D eigenvalue weighted by Crippen LogP contribution is -2.43. The number of amides is 1. The van der Waals surface area contributed by atoms with Crippen molar-refractivity contribution in [1.29, 1.82) is 0 Å². The van der Waals surface area contributed by atoms with Gasteiger partial charge in [-0.2, -0.15) is 0 Å². The highest BCUT2D eigenvalue weighted by Gasteiger charge is 2.26. The van der Waals surface area contributed by atoms with Gasteiger partial charge in [0.15, 0.2) is 5.69 Å². The van der Waals surface area contributed by atoms with Crippen LogP contribution in [0.25, 0.3) is 0 Å². The average Bonchev–Trinajstić information content (AvgIpc) is 2.63. The zero-order chi connectivity index (χ0) is 21.9. The maximum atomic E-state index is 13.4. The van der Waals surface area contributed by atoms with E-state index >= 15 is 0 Å². The average molecular weight is 402 g/mol. The van der Waals surface area contributed by atoms with E-state index in [0.717, 1.165) is 5.69 Å². The van der Waals surface area contributed by atoms with Crippen LogP contribution in [0, 0.1) is 11.8 Å². The van der Waals surface area contributed by atoms with Crippen molar-refractivity contribution in [3.8, 4) is 0 Å². The van der Waals surface area contributed by atoms with Gasteiger partial charge >= 0.3 is 5.69 Å². The van der Waals surface area contributed by atoms with Gasteiger partial charge in [0, 0.05) is 38.4 Å². The minimum absolute atomic E-state index is 0.00483. The number of carbonyl (C=O) groups excluding carboxylic acids is 1. The highest BCUT2D eigenvalue weighted by molar-refractivity contribution is 6.07. The summed E-state index contributed by atoms with van der Waals surface area (Å²) in [7, 11) is 3.78. The maximum absolute atomic E-state index is 13.4. The lowest BCUT2D eigenvalue weighted by atomic mass is 10.1. The number of benzene rings is 1. The van der Waals surface area contributed by atoms with Crippen molar-refractivity contribution in [2.75, 3.05) is 36.2 Å². The largest absolute Gasteiger partial charge is 0.383 e. The number of hydrogen-bond acceptors (Lipinski definition) is 5. The third-order valence-corrected chi connectivity index (χ3v) is 4.43. The fourth-order valence-corrected chi connectivity index (χ4v) is 3.10. The number of aromatic nitrogens is 2. The minimum atomic E-state index is -0.662. The normalized spacial score (nSPS) is 11.2. The van der Waals surface area contributed by atoms with E-state index in [2.05, 4.69) is 4.98 Å². The summed E-state index contributed by atoms with van der Waals surface area (Å²) in [4.78, 5) is 43.9. The van der Waals surface area contributed by atoms with Gasteiger partial charge < -0.3 is 15.5 Å². The molecule has 8 heteroatoms. The fourth-order valence-electron chi connectivity index (χ4n) is 3.10. The van der Waals surface area contributed by atoms with Crippen LogP contribution in [-0.4, -0.2) is 36.1 Å². The summed E-state index contributed by atoms with van der Waals surface area (Å²) < 4.78 is 1.32. The van der Waals surface area contributed by atoms with Crippen LogP contribution < -0.4 is 26.8 Å². The Hall–Kier alpha value is -3.03. The van der Waals surface area contributed by atoms with E-state index in [4.69, 9.17) is 5.73 Å². The van der Waals surface area contributed by atoms with E-state index < -0.39 is 11.2 Å². The van der Waals surface area contributed by atoms with Crippen molar-refractivity contribution >= 4 is 23.1 Å². The van der Waals surface area contributed by atoms with Gasteiger partial charge in [-0.15, -0.1) is 0 Å². The molecule has 0 aliphatic heterocycles. The molecule has 0 atom stereocenters. The highest BCUT2D eigenvalue weighted by atomic mass is 16.2. The fraction of sp³-hybridized carbons (Fsp3) is 0.476. The van der Waals surface area contributed by atoms with E-state index in [1.54, 1.807) is 18.2 Å². The van der Waals surface area contributed by atoms with Crippen molar-refractivity contribution in [2.45, 2.75) is 34.2 Å². The summed E-state index contributed by atoms with van der Waals surface area (Å²) in [5.41, 5.74) is 6.33. The van der Waals surface area contributed by atoms with Crippen molar-refractivity contribution in [3.63, 3.8) is 0 Å². The quantitative estimate of drug-likeness (QED) is 0.740. The first-order valence-corrected chi connectivity index (χ1v) is 9.74. The number of rotatable bonds is 7. The van der Waals surface area contributed by atoms with Gasteiger partial charge in [0.2, 0.25) is 0 Å². The second-order valence-electron chi connectivity index (χ2n) is 8.25. The zero-order valence-corrected chi connectivity index (χ0v) is 18.0. The van der Waals surface area contributed by atoms with Crippen LogP contribution >= 0.6 is 0 Å². The molecule has 0 saturated carbocycles. The molecule has 3 N–H and O–H groups in total. The summed E-state index contributed by atoms with van der Waals surface area (Å²) in [6.07, 6.45) is 0. The first-order valence-electron chi connectivity index (χ1n) is 9.74. The van der Waals surface area contributed by atoms with Crippen LogP contribution in [0.5, 0.6) is 0 Å². The topological polar surface area (TPSA) is 104 Å². The first kappa shape index (κ1) is 22.3. The molecule has 1 aromatic heterocycles. The highest BCUT2D eigenvalue weighted by Crippen LogP contribution is 2.23. The summed E-state index contributed by atoms with van der Waals surface area (Å²) >= 11 is 0. The Bertz CT molecular complexity index is 989. The number of nitrogens with one attached hydrogen (secondary N) is 1. The Morgan fingerprint density at radius 1 is 1.14 bits per heavy atom. The molecule has 0 saturated heterocycles. The molecule has 158 valence electrons. The molecule has 0 spiro atoms. The number of carbonyl (C=O) groups is 1. The van der Waals surface area contributed by atoms with Gasteiger partial charge in [-0.3, -0.25) is 19.1 Å². The monoisotopic (exact) mass is 401 g/mol. The Balaban J connectivity index is 2.64. The Morgan fingerprint density at radius 3 is 2.34 bits per heavy atom. The molecule has 1 amide bonds. The van der Waals surface area contributed by atoms with Crippen LogP contribution in [0.1, 0.15) is 38.1 Å². The third-order valence-electron chi connectivity index (χ3n) is 4.43. The number of nitrogens with zero attached hydrogens (tertiary/aromatic N) is 3. The van der Waals surface area contributed by atoms with Gasteiger partial charge in [0.1, 0.15) is 5.82 Å². The molecular weight excluding hydrogens is 370 g/mol. The van der Waals surface area contributed by atoms with Crippen LogP contribution in [0.15, 0.2) is 33.9 Å². The molecule has 0 radical (unpaired) electrons. The van der Waals surface area contributed by atoms with E-state index in [0.29, 0.717) is 12.1 Å². The smallest absolute Gasteiger partial charge is 0.330 e. The summed E-state index contributed by atoms with van der Waals surface area (Å²) in [6, 6.07) is 7.16. The molecule has 0 bridgehead atoms. The van der Waals surface area contributed by atoms with E-state index in [1.807, 2.05) is 52.8 Å². The molecule has 8 nitrogen and oxygen atoms in total. The molecule has 0 unspecified atom stereocenters. The third kappa shape index (κ3) is 5.07. The standard InChI is InChI=1S/C21H31N5O3/c1-13(2)11-25(20(28)15-8-7-9-16(10-15)24(5)6)17-18(22)26(12-14(3)4)21(29)23-19(17)27/h7-10,13-14H,11-12,22H2,1-6H3,(H,23,27,29). The minimum Gasteiger partial charge on any atom is -0.383 e. The van der Waals surface area contributed by atoms with Crippen LogP contribution in [-0.2, 0) is 6.54 Å². The van der Waals surface area contributed by atoms with Gasteiger partial charge in [-0.1, -0.05) is 33.8 Å². The van der Waals surface area contributed by atoms with E-state index in [-0.39, 0.29) is 35.8 Å². The number of hydrogen-bond donors (Lipinski definition) is 2.